The summed E-state index contributed by atoms with van der Waals surface area (Å²) in [6.45, 7) is 8.52. The molecule has 1 fully saturated rings. The van der Waals surface area contributed by atoms with Gasteiger partial charge in [-0.2, -0.15) is 0 Å². The summed E-state index contributed by atoms with van der Waals surface area (Å²) in [6.07, 6.45) is 1.52. The van der Waals surface area contributed by atoms with Crippen LogP contribution >= 0.6 is 0 Å². The van der Waals surface area contributed by atoms with Gasteiger partial charge in [0.25, 0.3) is 0 Å². The van der Waals surface area contributed by atoms with Crippen molar-refractivity contribution in [2.24, 2.45) is 5.92 Å². The maximum atomic E-state index is 11.9. The third-order valence-electron chi connectivity index (χ3n) is 3.51. The zero-order valence-electron chi connectivity index (χ0n) is 11.6. The van der Waals surface area contributed by atoms with Gasteiger partial charge in [0.05, 0.1) is 0 Å². The van der Waals surface area contributed by atoms with E-state index in [1.54, 1.807) is 6.92 Å². The maximum absolute atomic E-state index is 11.9. The van der Waals surface area contributed by atoms with Crippen molar-refractivity contribution in [1.29, 1.82) is 0 Å². The summed E-state index contributed by atoms with van der Waals surface area (Å²) in [5.74, 6) is -0.0526. The molecule has 1 unspecified atom stereocenters. The lowest BCUT2D eigenvalue weighted by Crippen LogP contribution is -2.53. The highest BCUT2D eigenvalue weighted by molar-refractivity contribution is 5.76. The molecule has 0 aliphatic carbocycles. The molecule has 18 heavy (non-hydrogen) atoms. The van der Waals surface area contributed by atoms with Crippen molar-refractivity contribution in [3.05, 3.63) is 0 Å². The van der Waals surface area contributed by atoms with E-state index in [1.807, 2.05) is 9.80 Å². The van der Waals surface area contributed by atoms with Gasteiger partial charge in [-0.25, -0.2) is 0 Å². The minimum Gasteiger partial charge on any atom is -0.480 e. The number of carbonyl (C=O) groups excluding carboxylic acids is 1. The van der Waals surface area contributed by atoms with Crippen LogP contribution in [0.25, 0.3) is 0 Å². The van der Waals surface area contributed by atoms with Crippen molar-refractivity contribution in [3.63, 3.8) is 0 Å². The number of carboxylic acid groups (broad SMARTS) is 1. The summed E-state index contributed by atoms with van der Waals surface area (Å²) >= 11 is 0. The second-order valence-electron chi connectivity index (χ2n) is 5.36. The quantitative estimate of drug-likeness (QED) is 0.798. The van der Waals surface area contributed by atoms with Gasteiger partial charge in [0.2, 0.25) is 5.91 Å². The van der Waals surface area contributed by atoms with E-state index in [0.717, 1.165) is 6.42 Å². The number of hydrogen-bond donors (Lipinski definition) is 1. The number of amides is 1. The fraction of sp³-hybridized carbons (Fsp3) is 0.846. The molecule has 1 rings (SSSR count). The Kier molecular flexibility index (Phi) is 5.59. The minimum atomic E-state index is -0.797. The van der Waals surface area contributed by atoms with E-state index in [0.29, 0.717) is 38.5 Å². The van der Waals surface area contributed by atoms with Gasteiger partial charge in [-0.3, -0.25) is 14.5 Å². The molecule has 0 aromatic heterocycles. The molecule has 0 saturated carbocycles. The summed E-state index contributed by atoms with van der Waals surface area (Å²) in [6, 6.07) is -0.460. The minimum absolute atomic E-state index is 0.200. The van der Waals surface area contributed by atoms with Crippen molar-refractivity contribution in [2.45, 2.75) is 39.7 Å². The number of nitrogens with zero attached hydrogens (tertiary/aromatic N) is 2. The highest BCUT2D eigenvalue weighted by Gasteiger charge is 2.26. The number of carboxylic acids is 1. The molecule has 0 bridgehead atoms. The van der Waals surface area contributed by atoms with Crippen molar-refractivity contribution in [1.82, 2.24) is 9.80 Å². The molecule has 1 amide bonds. The van der Waals surface area contributed by atoms with Crippen LogP contribution in [0.15, 0.2) is 0 Å². The maximum Gasteiger partial charge on any atom is 0.320 e. The summed E-state index contributed by atoms with van der Waals surface area (Å²) in [7, 11) is 0. The second-order valence-corrected chi connectivity index (χ2v) is 5.36. The van der Waals surface area contributed by atoms with Gasteiger partial charge >= 0.3 is 5.97 Å². The van der Waals surface area contributed by atoms with Crippen LogP contribution in [0.3, 0.4) is 0 Å². The molecule has 1 N–H and O–H groups in total. The van der Waals surface area contributed by atoms with Gasteiger partial charge in [-0.15, -0.1) is 0 Å². The van der Waals surface area contributed by atoms with E-state index in [-0.39, 0.29) is 5.91 Å². The number of piperazine rings is 1. The van der Waals surface area contributed by atoms with Crippen LogP contribution < -0.4 is 0 Å². The molecule has 0 aromatic carbocycles. The van der Waals surface area contributed by atoms with E-state index in [2.05, 4.69) is 13.8 Å². The first-order chi connectivity index (χ1) is 8.41. The number of aliphatic carboxylic acids is 1. The molecule has 1 atom stereocenters. The Morgan fingerprint density at radius 1 is 1.11 bits per heavy atom. The van der Waals surface area contributed by atoms with Gasteiger partial charge < -0.3 is 10.0 Å². The van der Waals surface area contributed by atoms with Crippen LogP contribution in [-0.2, 0) is 9.59 Å². The Hall–Kier alpha value is -1.10. The Labute approximate surface area is 109 Å². The summed E-state index contributed by atoms with van der Waals surface area (Å²) in [5, 5.41) is 8.93. The normalized spacial score (nSPS) is 19.0. The van der Waals surface area contributed by atoms with Gasteiger partial charge in [0.1, 0.15) is 6.04 Å². The predicted octanol–water partition coefficient (Wildman–Crippen LogP) is 1.04. The molecule has 0 spiro atoms. The van der Waals surface area contributed by atoms with Gasteiger partial charge in [0, 0.05) is 32.6 Å². The second kappa shape index (κ2) is 6.73. The summed E-state index contributed by atoms with van der Waals surface area (Å²) < 4.78 is 0. The Morgan fingerprint density at radius 3 is 2.11 bits per heavy atom. The molecule has 5 nitrogen and oxygen atoms in total. The van der Waals surface area contributed by atoms with E-state index in [9.17, 15) is 9.59 Å². The van der Waals surface area contributed by atoms with E-state index in [4.69, 9.17) is 5.11 Å². The average Bonchev–Trinajstić information content (AvgIpc) is 2.35. The molecule has 1 aliphatic heterocycles. The predicted molar refractivity (Wildman–Crippen MR) is 69.3 cm³/mol. The van der Waals surface area contributed by atoms with Crippen molar-refractivity contribution in [3.8, 4) is 0 Å². The first kappa shape index (κ1) is 15.0. The van der Waals surface area contributed by atoms with Crippen LogP contribution in [0.1, 0.15) is 33.6 Å². The lowest BCUT2D eigenvalue weighted by atomic mass is 10.1. The van der Waals surface area contributed by atoms with Gasteiger partial charge in [-0.1, -0.05) is 13.8 Å². The number of carbonyl (C=O) groups is 2. The first-order valence-corrected chi connectivity index (χ1v) is 6.66. The van der Waals surface area contributed by atoms with Gasteiger partial charge in [0.15, 0.2) is 0 Å². The summed E-state index contributed by atoms with van der Waals surface area (Å²) in [5.41, 5.74) is 0. The molecule has 0 radical (unpaired) electrons. The van der Waals surface area contributed by atoms with Crippen LogP contribution in [-0.4, -0.2) is 59.0 Å². The molecule has 1 aliphatic rings. The van der Waals surface area contributed by atoms with Crippen LogP contribution in [0.2, 0.25) is 0 Å². The molecule has 1 heterocycles. The summed E-state index contributed by atoms with van der Waals surface area (Å²) in [4.78, 5) is 26.5. The fourth-order valence-electron chi connectivity index (χ4n) is 2.09. The third kappa shape index (κ3) is 4.29. The van der Waals surface area contributed by atoms with E-state index < -0.39 is 12.0 Å². The molecular formula is C13H24N2O3. The van der Waals surface area contributed by atoms with Crippen molar-refractivity contribution < 1.29 is 14.7 Å². The zero-order valence-corrected chi connectivity index (χ0v) is 11.6. The standard InChI is InChI=1S/C13H24N2O3/c1-10(2)4-5-12(16)15-8-6-14(7-9-15)11(3)13(17)18/h10-11H,4-9H2,1-3H3,(H,17,18). The number of hydrogen-bond acceptors (Lipinski definition) is 3. The Balaban J connectivity index is 2.35. The Bertz CT molecular complexity index is 297. The zero-order chi connectivity index (χ0) is 13.7. The SMILES string of the molecule is CC(C)CCC(=O)N1CCN(C(C)C(=O)O)CC1. The lowest BCUT2D eigenvalue weighted by Gasteiger charge is -2.36. The van der Waals surface area contributed by atoms with Crippen LogP contribution in [0.4, 0.5) is 0 Å². The van der Waals surface area contributed by atoms with Crippen molar-refractivity contribution >= 4 is 11.9 Å². The molecule has 5 heteroatoms. The van der Waals surface area contributed by atoms with Crippen LogP contribution in [0.5, 0.6) is 0 Å². The van der Waals surface area contributed by atoms with Crippen LogP contribution in [0, 0.1) is 5.92 Å². The largest absolute Gasteiger partial charge is 0.480 e. The molecular weight excluding hydrogens is 232 g/mol. The Morgan fingerprint density at radius 2 is 1.67 bits per heavy atom. The van der Waals surface area contributed by atoms with Gasteiger partial charge in [-0.05, 0) is 19.3 Å². The monoisotopic (exact) mass is 256 g/mol. The molecule has 104 valence electrons. The average molecular weight is 256 g/mol. The first-order valence-electron chi connectivity index (χ1n) is 6.66. The topological polar surface area (TPSA) is 60.9 Å². The highest BCUT2D eigenvalue weighted by Crippen LogP contribution is 2.10. The van der Waals surface area contributed by atoms with E-state index >= 15 is 0 Å². The smallest absolute Gasteiger partial charge is 0.320 e. The number of rotatable bonds is 5. The highest BCUT2D eigenvalue weighted by atomic mass is 16.4. The van der Waals surface area contributed by atoms with E-state index in [1.165, 1.54) is 0 Å². The fourth-order valence-corrected chi connectivity index (χ4v) is 2.09. The van der Waals surface area contributed by atoms with Crippen molar-refractivity contribution in [2.75, 3.05) is 26.2 Å². The molecule has 0 aromatic rings. The molecule has 1 saturated heterocycles. The lowest BCUT2D eigenvalue weighted by molar-refractivity contribution is -0.144. The third-order valence-corrected chi connectivity index (χ3v) is 3.51.